The Morgan fingerprint density at radius 1 is 1.36 bits per heavy atom. The fourth-order valence-corrected chi connectivity index (χ4v) is 2.35. The molecule has 7 nitrogen and oxygen atoms in total. The van der Waals surface area contributed by atoms with Gasteiger partial charge in [-0.15, -0.1) is 0 Å². The predicted molar refractivity (Wildman–Crippen MR) is 79.2 cm³/mol. The molecular weight excluding hydrogens is 286 g/mol. The van der Waals surface area contributed by atoms with Crippen molar-refractivity contribution in [2.45, 2.75) is 31.8 Å². The molecule has 1 saturated heterocycles. The van der Waals surface area contributed by atoms with Crippen molar-refractivity contribution in [3.63, 3.8) is 0 Å². The summed E-state index contributed by atoms with van der Waals surface area (Å²) in [5.41, 5.74) is 0.880. The number of hydrogen-bond acceptors (Lipinski definition) is 4. The number of rotatable bonds is 6. The number of nitrogens with one attached hydrogen (secondary N) is 3. The quantitative estimate of drug-likeness (QED) is 0.679. The van der Waals surface area contributed by atoms with E-state index < -0.39 is 18.0 Å². The molecule has 7 heteroatoms. The van der Waals surface area contributed by atoms with Crippen molar-refractivity contribution in [3.8, 4) is 5.75 Å². The topological polar surface area (TPSA) is 96.5 Å². The Balaban J connectivity index is 1.86. The number of hydrogen-bond donors (Lipinski definition) is 3. The second kappa shape index (κ2) is 6.93. The number of imide groups is 1. The third kappa shape index (κ3) is 3.75. The molecule has 0 unspecified atom stereocenters. The molecule has 2 atom stereocenters. The summed E-state index contributed by atoms with van der Waals surface area (Å²) in [5, 5.41) is 7.46. The third-order valence-corrected chi connectivity index (χ3v) is 3.50. The number of carbonyl (C=O) groups excluding carboxylic acids is 3. The highest BCUT2D eigenvalue weighted by molar-refractivity contribution is 6.04. The van der Waals surface area contributed by atoms with Gasteiger partial charge < -0.3 is 15.4 Å². The molecule has 2 rings (SSSR count). The minimum atomic E-state index is -0.639. The standard InChI is InChI=1S/C15H19N3O4/c1-9(10-5-3-4-6-12(10)22-2)16-13(19)8-7-11-14(20)18-15(21)17-11/h3-6,9,11H,7-8H2,1-2H3,(H,16,19)(H2,17,18,20,21)/t9-,11+/m0/s1. The molecule has 1 aromatic rings. The van der Waals surface area contributed by atoms with E-state index in [1.54, 1.807) is 7.11 Å². The smallest absolute Gasteiger partial charge is 0.322 e. The number of para-hydroxylation sites is 1. The van der Waals surface area contributed by atoms with E-state index in [1.165, 1.54) is 0 Å². The summed E-state index contributed by atoms with van der Waals surface area (Å²) in [6.45, 7) is 1.86. The highest BCUT2D eigenvalue weighted by Crippen LogP contribution is 2.24. The normalized spacial score (nSPS) is 18.4. The maximum Gasteiger partial charge on any atom is 0.322 e. The first-order valence-corrected chi connectivity index (χ1v) is 7.05. The van der Waals surface area contributed by atoms with Gasteiger partial charge in [0, 0.05) is 12.0 Å². The lowest BCUT2D eigenvalue weighted by Gasteiger charge is -2.17. The molecule has 1 aliphatic heterocycles. The van der Waals surface area contributed by atoms with Crippen molar-refractivity contribution in [1.29, 1.82) is 0 Å². The van der Waals surface area contributed by atoms with Crippen LogP contribution in [0, 0.1) is 0 Å². The Bertz CT molecular complexity index is 588. The van der Waals surface area contributed by atoms with Crippen molar-refractivity contribution < 1.29 is 19.1 Å². The van der Waals surface area contributed by atoms with E-state index in [0.717, 1.165) is 5.56 Å². The molecule has 0 aliphatic carbocycles. The van der Waals surface area contributed by atoms with Crippen LogP contribution in [0.5, 0.6) is 5.75 Å². The lowest BCUT2D eigenvalue weighted by atomic mass is 10.1. The summed E-state index contributed by atoms with van der Waals surface area (Å²) in [5.74, 6) is 0.126. The molecule has 0 aromatic heterocycles. The fourth-order valence-electron chi connectivity index (χ4n) is 2.35. The average Bonchev–Trinajstić information content (AvgIpc) is 2.82. The SMILES string of the molecule is COc1ccccc1[C@H](C)NC(=O)CC[C@H]1NC(=O)NC1=O. The van der Waals surface area contributed by atoms with Gasteiger partial charge in [0.25, 0.3) is 5.91 Å². The van der Waals surface area contributed by atoms with Gasteiger partial charge in [0.2, 0.25) is 5.91 Å². The number of amides is 4. The Morgan fingerprint density at radius 2 is 2.09 bits per heavy atom. The first-order chi connectivity index (χ1) is 10.5. The van der Waals surface area contributed by atoms with Crippen LogP contribution in [-0.4, -0.2) is 31.0 Å². The van der Waals surface area contributed by atoms with Crippen molar-refractivity contribution in [1.82, 2.24) is 16.0 Å². The molecule has 1 heterocycles. The van der Waals surface area contributed by atoms with E-state index in [1.807, 2.05) is 31.2 Å². The minimum absolute atomic E-state index is 0.151. The largest absolute Gasteiger partial charge is 0.496 e. The van der Waals surface area contributed by atoms with Crippen molar-refractivity contribution >= 4 is 17.8 Å². The zero-order valence-corrected chi connectivity index (χ0v) is 12.5. The molecule has 3 N–H and O–H groups in total. The van der Waals surface area contributed by atoms with Gasteiger partial charge in [-0.3, -0.25) is 14.9 Å². The number of carbonyl (C=O) groups is 3. The summed E-state index contributed by atoms with van der Waals surface area (Å²) in [6.07, 6.45) is 0.417. The van der Waals surface area contributed by atoms with Crippen LogP contribution in [0.15, 0.2) is 24.3 Å². The minimum Gasteiger partial charge on any atom is -0.496 e. The Kier molecular flexibility index (Phi) is 4.98. The number of benzene rings is 1. The van der Waals surface area contributed by atoms with Gasteiger partial charge in [-0.2, -0.15) is 0 Å². The van der Waals surface area contributed by atoms with Crippen LogP contribution in [0.3, 0.4) is 0 Å². The lowest BCUT2D eigenvalue weighted by Crippen LogP contribution is -2.32. The van der Waals surface area contributed by atoms with E-state index >= 15 is 0 Å². The summed E-state index contributed by atoms with van der Waals surface area (Å²) in [4.78, 5) is 34.3. The van der Waals surface area contributed by atoms with Gasteiger partial charge in [-0.05, 0) is 19.4 Å². The van der Waals surface area contributed by atoms with Gasteiger partial charge >= 0.3 is 6.03 Å². The Labute approximate surface area is 128 Å². The van der Waals surface area contributed by atoms with E-state index in [9.17, 15) is 14.4 Å². The molecule has 4 amide bonds. The zero-order valence-electron chi connectivity index (χ0n) is 12.5. The van der Waals surface area contributed by atoms with Gasteiger partial charge in [0.1, 0.15) is 11.8 Å². The van der Waals surface area contributed by atoms with Gasteiger partial charge in [0.05, 0.1) is 13.2 Å². The van der Waals surface area contributed by atoms with Crippen LogP contribution in [0.25, 0.3) is 0 Å². The summed E-state index contributed by atoms with van der Waals surface area (Å²) >= 11 is 0. The zero-order chi connectivity index (χ0) is 16.1. The molecule has 1 aromatic carbocycles. The maximum absolute atomic E-state index is 12.0. The van der Waals surface area contributed by atoms with E-state index in [-0.39, 0.29) is 24.8 Å². The van der Waals surface area contributed by atoms with Gasteiger partial charge in [-0.1, -0.05) is 18.2 Å². The summed E-state index contributed by atoms with van der Waals surface area (Å²) in [6, 6.07) is 6.08. The average molecular weight is 305 g/mol. The lowest BCUT2D eigenvalue weighted by molar-refractivity contribution is -0.122. The Hall–Kier alpha value is -2.57. The molecule has 0 bridgehead atoms. The third-order valence-electron chi connectivity index (χ3n) is 3.50. The van der Waals surface area contributed by atoms with Crippen LogP contribution in [0.1, 0.15) is 31.4 Å². The van der Waals surface area contributed by atoms with Crippen molar-refractivity contribution in [2.75, 3.05) is 7.11 Å². The number of methoxy groups -OCH3 is 1. The van der Waals surface area contributed by atoms with E-state index in [2.05, 4.69) is 16.0 Å². The fraction of sp³-hybridized carbons (Fsp3) is 0.400. The van der Waals surface area contributed by atoms with Crippen molar-refractivity contribution in [2.24, 2.45) is 0 Å². The highest BCUT2D eigenvalue weighted by atomic mass is 16.5. The monoisotopic (exact) mass is 305 g/mol. The van der Waals surface area contributed by atoms with Crippen LogP contribution in [0.2, 0.25) is 0 Å². The summed E-state index contributed by atoms with van der Waals surface area (Å²) in [7, 11) is 1.58. The molecule has 1 fully saturated rings. The van der Waals surface area contributed by atoms with Crippen LogP contribution in [-0.2, 0) is 9.59 Å². The molecule has 22 heavy (non-hydrogen) atoms. The molecule has 0 radical (unpaired) electrons. The van der Waals surface area contributed by atoms with E-state index in [4.69, 9.17) is 4.74 Å². The number of ether oxygens (including phenoxy) is 1. The highest BCUT2D eigenvalue weighted by Gasteiger charge is 2.29. The molecular formula is C15H19N3O4. The number of urea groups is 1. The molecule has 0 saturated carbocycles. The molecule has 1 aliphatic rings. The predicted octanol–water partition coefficient (Wildman–Crippen LogP) is 0.861. The van der Waals surface area contributed by atoms with Gasteiger partial charge in [-0.25, -0.2) is 4.79 Å². The molecule has 0 spiro atoms. The van der Waals surface area contributed by atoms with Crippen molar-refractivity contribution in [3.05, 3.63) is 29.8 Å². The second-order valence-corrected chi connectivity index (χ2v) is 5.09. The summed E-state index contributed by atoms with van der Waals surface area (Å²) < 4.78 is 5.26. The first-order valence-electron chi connectivity index (χ1n) is 7.05. The van der Waals surface area contributed by atoms with Crippen LogP contribution in [0.4, 0.5) is 4.79 Å². The second-order valence-electron chi connectivity index (χ2n) is 5.09. The Morgan fingerprint density at radius 3 is 2.73 bits per heavy atom. The van der Waals surface area contributed by atoms with Gasteiger partial charge in [0.15, 0.2) is 0 Å². The van der Waals surface area contributed by atoms with Crippen LogP contribution < -0.4 is 20.7 Å². The van der Waals surface area contributed by atoms with E-state index in [0.29, 0.717) is 5.75 Å². The first kappa shape index (κ1) is 15.8. The maximum atomic E-state index is 12.0. The van der Waals surface area contributed by atoms with Crippen LogP contribution >= 0.6 is 0 Å². The molecule has 118 valence electrons.